The molecular weight excluding hydrogens is 288 g/mol. The van der Waals surface area contributed by atoms with E-state index in [1.54, 1.807) is 0 Å². The highest BCUT2D eigenvalue weighted by Gasteiger charge is 2.55. The van der Waals surface area contributed by atoms with Crippen molar-refractivity contribution in [3.05, 3.63) is 53.5 Å². The van der Waals surface area contributed by atoms with Crippen LogP contribution in [-0.4, -0.2) is 16.4 Å². The Morgan fingerprint density at radius 3 is 2.74 bits per heavy atom. The Bertz CT molecular complexity index is 805. The summed E-state index contributed by atoms with van der Waals surface area (Å²) in [6.07, 6.45) is 3.30. The minimum Gasteiger partial charge on any atom is -0.466 e. The lowest BCUT2D eigenvalue weighted by Gasteiger charge is -2.46. The first-order valence-electron chi connectivity index (χ1n) is 8.37. The monoisotopic (exact) mass is 308 g/mol. The molecule has 118 valence electrons. The first kappa shape index (κ1) is 13.2. The Hall–Kier alpha value is -2.23. The summed E-state index contributed by atoms with van der Waals surface area (Å²) in [5.74, 6) is 3.37. The van der Waals surface area contributed by atoms with Crippen molar-refractivity contribution in [2.24, 2.45) is 11.0 Å². The summed E-state index contributed by atoms with van der Waals surface area (Å²) >= 11 is 0. The predicted molar refractivity (Wildman–Crippen MR) is 87.4 cm³/mol. The molecule has 0 amide bonds. The highest BCUT2D eigenvalue weighted by molar-refractivity contribution is 5.99. The van der Waals surface area contributed by atoms with Gasteiger partial charge in [-0.05, 0) is 44.9 Å². The molecule has 4 nitrogen and oxygen atoms in total. The Morgan fingerprint density at radius 2 is 2.00 bits per heavy atom. The van der Waals surface area contributed by atoms with E-state index in [2.05, 4.69) is 36.2 Å². The molecule has 1 aromatic heterocycles. The maximum atomic E-state index is 6.43. The standard InChI is InChI=1S/C19H20N2O2/c1-12-7-10-18(22-12)15-11-16-14-5-3-4-6-17(14)23-19(2,13-8-9-13)21(16)20-15/h3-7,10,13,16H,8-9,11H2,1-2H3. The van der Waals surface area contributed by atoms with Gasteiger partial charge in [0.1, 0.15) is 23.0 Å². The van der Waals surface area contributed by atoms with E-state index < -0.39 is 0 Å². The highest BCUT2D eigenvalue weighted by Crippen LogP contribution is 2.54. The molecule has 1 aromatic carbocycles. The smallest absolute Gasteiger partial charge is 0.198 e. The quantitative estimate of drug-likeness (QED) is 0.832. The van der Waals surface area contributed by atoms with Gasteiger partial charge in [0.2, 0.25) is 0 Å². The fourth-order valence-electron chi connectivity index (χ4n) is 3.91. The van der Waals surface area contributed by atoms with Crippen molar-refractivity contribution in [2.75, 3.05) is 0 Å². The normalized spacial score (nSPS) is 28.9. The number of hydrazone groups is 1. The number of nitrogens with zero attached hydrogens (tertiary/aromatic N) is 2. The van der Waals surface area contributed by atoms with E-state index >= 15 is 0 Å². The van der Waals surface area contributed by atoms with E-state index in [4.69, 9.17) is 14.3 Å². The maximum absolute atomic E-state index is 6.43. The van der Waals surface area contributed by atoms with Crippen LogP contribution in [0, 0.1) is 12.8 Å². The average molecular weight is 308 g/mol. The Balaban J connectivity index is 1.61. The van der Waals surface area contributed by atoms with Crippen LogP contribution in [0.2, 0.25) is 0 Å². The summed E-state index contributed by atoms with van der Waals surface area (Å²) < 4.78 is 12.2. The van der Waals surface area contributed by atoms with Crippen LogP contribution in [0.25, 0.3) is 0 Å². The first-order chi connectivity index (χ1) is 11.1. The summed E-state index contributed by atoms with van der Waals surface area (Å²) in [6.45, 7) is 4.16. The van der Waals surface area contributed by atoms with Crippen molar-refractivity contribution in [2.45, 2.75) is 44.9 Å². The van der Waals surface area contributed by atoms with Crippen LogP contribution in [-0.2, 0) is 0 Å². The molecule has 0 radical (unpaired) electrons. The van der Waals surface area contributed by atoms with E-state index in [1.165, 1.54) is 18.4 Å². The minimum atomic E-state index is -0.345. The zero-order valence-corrected chi connectivity index (χ0v) is 13.5. The molecule has 3 aliphatic rings. The van der Waals surface area contributed by atoms with Crippen LogP contribution in [0.4, 0.5) is 0 Å². The topological polar surface area (TPSA) is 38.0 Å². The number of rotatable bonds is 2. The van der Waals surface area contributed by atoms with Crippen LogP contribution in [0.5, 0.6) is 5.75 Å². The van der Waals surface area contributed by atoms with Gasteiger partial charge in [0.15, 0.2) is 5.72 Å². The highest BCUT2D eigenvalue weighted by atomic mass is 16.5. The van der Waals surface area contributed by atoms with Gasteiger partial charge in [0, 0.05) is 17.9 Å². The third kappa shape index (κ3) is 1.87. The van der Waals surface area contributed by atoms with Gasteiger partial charge in [-0.2, -0.15) is 5.10 Å². The van der Waals surface area contributed by atoms with E-state index in [0.717, 1.165) is 29.4 Å². The molecule has 2 atom stereocenters. The van der Waals surface area contributed by atoms with Gasteiger partial charge in [-0.25, -0.2) is 5.01 Å². The van der Waals surface area contributed by atoms with Crippen molar-refractivity contribution in [3.8, 4) is 5.75 Å². The molecule has 1 aliphatic carbocycles. The molecule has 23 heavy (non-hydrogen) atoms. The van der Waals surface area contributed by atoms with Crippen LogP contribution in [0.15, 0.2) is 45.9 Å². The maximum Gasteiger partial charge on any atom is 0.198 e. The zero-order valence-electron chi connectivity index (χ0n) is 13.5. The number of benzene rings is 1. The number of ether oxygens (including phenoxy) is 1. The Kier molecular flexibility index (Phi) is 2.53. The summed E-state index contributed by atoms with van der Waals surface area (Å²) in [5, 5.41) is 7.13. The number of fused-ring (bicyclic) bond motifs is 3. The van der Waals surface area contributed by atoms with Gasteiger partial charge < -0.3 is 9.15 Å². The third-order valence-electron chi connectivity index (χ3n) is 5.32. The van der Waals surface area contributed by atoms with E-state index in [0.29, 0.717) is 5.92 Å². The van der Waals surface area contributed by atoms with Crippen LogP contribution in [0.3, 0.4) is 0 Å². The molecule has 0 saturated heterocycles. The molecule has 5 rings (SSSR count). The molecule has 2 aliphatic heterocycles. The molecule has 2 aromatic rings. The van der Waals surface area contributed by atoms with E-state index in [1.807, 2.05) is 19.1 Å². The molecule has 0 N–H and O–H groups in total. The second-order valence-electron chi connectivity index (χ2n) is 6.99. The van der Waals surface area contributed by atoms with Crippen molar-refractivity contribution < 1.29 is 9.15 Å². The molecule has 3 heterocycles. The zero-order chi connectivity index (χ0) is 15.6. The largest absolute Gasteiger partial charge is 0.466 e. The molecule has 1 saturated carbocycles. The van der Waals surface area contributed by atoms with Crippen molar-refractivity contribution >= 4 is 5.71 Å². The Labute approximate surface area is 135 Å². The van der Waals surface area contributed by atoms with E-state index in [-0.39, 0.29) is 11.8 Å². The van der Waals surface area contributed by atoms with E-state index in [9.17, 15) is 0 Å². The SMILES string of the molecule is Cc1ccc(C2=NN3C(C2)c2ccccc2OC3(C)C2CC2)o1. The Morgan fingerprint density at radius 1 is 1.17 bits per heavy atom. The van der Waals surface area contributed by atoms with Gasteiger partial charge in [-0.15, -0.1) is 0 Å². The summed E-state index contributed by atoms with van der Waals surface area (Å²) in [4.78, 5) is 0. The minimum absolute atomic E-state index is 0.242. The molecule has 0 bridgehead atoms. The van der Waals surface area contributed by atoms with Crippen LogP contribution >= 0.6 is 0 Å². The fraction of sp³-hybridized carbons (Fsp3) is 0.421. The van der Waals surface area contributed by atoms with Crippen LogP contribution in [0.1, 0.15) is 49.3 Å². The van der Waals surface area contributed by atoms with Crippen molar-refractivity contribution in [3.63, 3.8) is 0 Å². The summed E-state index contributed by atoms with van der Waals surface area (Å²) in [6, 6.07) is 12.6. The number of hydrogen-bond donors (Lipinski definition) is 0. The number of aryl methyl sites for hydroxylation is 1. The van der Waals surface area contributed by atoms with Gasteiger partial charge in [0.05, 0.1) is 6.04 Å². The number of furan rings is 1. The first-order valence-corrected chi connectivity index (χ1v) is 8.37. The summed E-state index contributed by atoms with van der Waals surface area (Å²) in [5.41, 5.74) is 1.91. The molecular formula is C19H20N2O2. The third-order valence-corrected chi connectivity index (χ3v) is 5.32. The molecule has 4 heteroatoms. The average Bonchev–Trinajstić information content (AvgIpc) is 3.17. The van der Waals surface area contributed by atoms with Crippen molar-refractivity contribution in [1.29, 1.82) is 0 Å². The second-order valence-corrected chi connectivity index (χ2v) is 6.99. The van der Waals surface area contributed by atoms with Crippen LogP contribution < -0.4 is 4.74 Å². The fourth-order valence-corrected chi connectivity index (χ4v) is 3.91. The number of hydrogen-bond acceptors (Lipinski definition) is 4. The lowest BCUT2D eigenvalue weighted by molar-refractivity contribution is -0.121. The van der Waals surface area contributed by atoms with Gasteiger partial charge in [-0.3, -0.25) is 0 Å². The van der Waals surface area contributed by atoms with Gasteiger partial charge in [0.25, 0.3) is 0 Å². The lowest BCUT2D eigenvalue weighted by Crippen LogP contribution is -2.52. The predicted octanol–water partition coefficient (Wildman–Crippen LogP) is 4.26. The molecule has 1 fully saturated rings. The number of para-hydroxylation sites is 1. The van der Waals surface area contributed by atoms with Gasteiger partial charge in [-0.1, -0.05) is 18.2 Å². The van der Waals surface area contributed by atoms with Crippen molar-refractivity contribution in [1.82, 2.24) is 5.01 Å². The summed E-state index contributed by atoms with van der Waals surface area (Å²) in [7, 11) is 0. The van der Waals surface area contributed by atoms with Gasteiger partial charge >= 0.3 is 0 Å². The second kappa shape index (κ2) is 4.40. The molecule has 2 unspecified atom stereocenters. The molecule has 0 spiro atoms. The lowest BCUT2D eigenvalue weighted by atomic mass is 9.95.